The molecule has 3 aromatic rings. The first-order valence-corrected chi connectivity index (χ1v) is 9.65. The van der Waals surface area contributed by atoms with Crippen molar-refractivity contribution in [2.75, 3.05) is 5.32 Å². The van der Waals surface area contributed by atoms with Crippen LogP contribution in [0.2, 0.25) is 5.02 Å². The van der Waals surface area contributed by atoms with Crippen molar-refractivity contribution in [2.24, 2.45) is 5.92 Å². The molecule has 1 aromatic carbocycles. The minimum absolute atomic E-state index is 0.200. The molecular formula is C18H17ClN4O2S. The van der Waals surface area contributed by atoms with Crippen molar-refractivity contribution < 1.29 is 4.79 Å². The van der Waals surface area contributed by atoms with Crippen LogP contribution >= 0.6 is 22.9 Å². The van der Waals surface area contributed by atoms with E-state index in [4.69, 9.17) is 11.6 Å². The summed E-state index contributed by atoms with van der Waals surface area (Å²) in [5.41, 5.74) is 1.34. The predicted octanol–water partition coefficient (Wildman–Crippen LogP) is 3.27. The number of aromatic nitrogens is 3. The van der Waals surface area contributed by atoms with Gasteiger partial charge in [0.2, 0.25) is 5.91 Å². The molecule has 0 radical (unpaired) electrons. The Hall–Kier alpha value is -2.25. The highest BCUT2D eigenvalue weighted by atomic mass is 35.5. The highest BCUT2D eigenvalue weighted by molar-refractivity contribution is 7.18. The summed E-state index contributed by atoms with van der Waals surface area (Å²) in [6.07, 6.45) is 2.92. The largest absolute Gasteiger partial charge is 0.323 e. The average Bonchev–Trinajstić information content (AvgIpc) is 2.97. The zero-order valence-corrected chi connectivity index (χ0v) is 15.7. The molecule has 1 aliphatic rings. The average molecular weight is 389 g/mol. The number of halogens is 1. The van der Waals surface area contributed by atoms with Gasteiger partial charge in [-0.2, -0.15) is 0 Å². The van der Waals surface area contributed by atoms with E-state index in [1.807, 2.05) is 0 Å². The monoisotopic (exact) mass is 388 g/mol. The van der Waals surface area contributed by atoms with E-state index in [9.17, 15) is 9.59 Å². The van der Waals surface area contributed by atoms with Crippen LogP contribution in [0.1, 0.15) is 23.8 Å². The lowest BCUT2D eigenvalue weighted by Gasteiger charge is -2.17. The van der Waals surface area contributed by atoms with Gasteiger partial charge < -0.3 is 5.32 Å². The van der Waals surface area contributed by atoms with Gasteiger partial charge in [-0.05, 0) is 42.9 Å². The van der Waals surface area contributed by atoms with Gasteiger partial charge in [0, 0.05) is 4.88 Å². The quantitative estimate of drug-likeness (QED) is 0.747. The summed E-state index contributed by atoms with van der Waals surface area (Å²) in [6, 6.07) is 6.95. The molecule has 4 rings (SSSR count). The predicted molar refractivity (Wildman–Crippen MR) is 103 cm³/mol. The molecule has 1 amide bonds. The molecule has 6 nitrogen and oxygen atoms in total. The van der Waals surface area contributed by atoms with E-state index in [1.165, 1.54) is 4.88 Å². The second-order valence-electron chi connectivity index (χ2n) is 6.61. The molecule has 1 N–H and O–H groups in total. The van der Waals surface area contributed by atoms with Crippen LogP contribution in [0, 0.1) is 5.92 Å². The van der Waals surface area contributed by atoms with E-state index in [2.05, 4.69) is 22.6 Å². The van der Waals surface area contributed by atoms with Crippen molar-refractivity contribution in [1.29, 1.82) is 0 Å². The normalized spacial score (nSPS) is 16.5. The molecule has 0 saturated carbocycles. The molecule has 0 bridgehead atoms. The van der Waals surface area contributed by atoms with E-state index in [0.29, 0.717) is 26.8 Å². The van der Waals surface area contributed by atoms with Crippen LogP contribution in [-0.2, 0) is 24.2 Å². The molecule has 1 aliphatic carbocycles. The Balaban J connectivity index is 1.63. The van der Waals surface area contributed by atoms with Crippen molar-refractivity contribution in [1.82, 2.24) is 15.0 Å². The van der Waals surface area contributed by atoms with Crippen LogP contribution in [0.15, 0.2) is 29.1 Å². The van der Waals surface area contributed by atoms with Gasteiger partial charge >= 0.3 is 0 Å². The molecule has 0 fully saturated rings. The zero-order chi connectivity index (χ0) is 18.3. The summed E-state index contributed by atoms with van der Waals surface area (Å²) in [6.45, 7) is 2.02. The Morgan fingerprint density at radius 3 is 3.04 bits per heavy atom. The molecule has 8 heteroatoms. The van der Waals surface area contributed by atoms with E-state index in [0.717, 1.165) is 29.5 Å². The van der Waals surface area contributed by atoms with Gasteiger partial charge in [0.05, 0.1) is 16.1 Å². The Labute approximate surface area is 158 Å². The van der Waals surface area contributed by atoms with Gasteiger partial charge in [-0.3, -0.25) is 9.59 Å². The van der Waals surface area contributed by atoms with Crippen molar-refractivity contribution in [3.8, 4) is 0 Å². The van der Waals surface area contributed by atoms with Crippen LogP contribution in [0.3, 0.4) is 0 Å². The maximum absolute atomic E-state index is 12.9. The summed E-state index contributed by atoms with van der Waals surface area (Å²) in [5.74, 6) is 0.249. The topological polar surface area (TPSA) is 76.9 Å². The molecule has 26 heavy (non-hydrogen) atoms. The lowest BCUT2D eigenvalue weighted by Crippen LogP contribution is -2.30. The number of carbonyl (C=O) groups excluding carboxylic acids is 1. The maximum atomic E-state index is 12.9. The number of aryl methyl sites for hydroxylation is 1. The van der Waals surface area contributed by atoms with Crippen molar-refractivity contribution in [3.63, 3.8) is 0 Å². The smallest absolute Gasteiger partial charge is 0.279 e. The molecule has 134 valence electrons. The lowest BCUT2D eigenvalue weighted by atomic mass is 9.89. The van der Waals surface area contributed by atoms with Crippen molar-refractivity contribution in [3.05, 3.63) is 50.1 Å². The minimum Gasteiger partial charge on any atom is -0.323 e. The number of nitrogens with one attached hydrogen (secondary N) is 1. The molecule has 0 spiro atoms. The molecule has 1 atom stereocenters. The van der Waals surface area contributed by atoms with Crippen LogP contribution < -0.4 is 10.9 Å². The number of fused-ring (bicyclic) bond motifs is 3. The summed E-state index contributed by atoms with van der Waals surface area (Å²) in [5, 5.41) is 11.9. The number of hydrogen-bond donors (Lipinski definition) is 1. The van der Waals surface area contributed by atoms with Crippen LogP contribution in [0.5, 0.6) is 0 Å². The molecule has 0 saturated heterocycles. The second kappa shape index (κ2) is 6.81. The number of amides is 1. The van der Waals surface area contributed by atoms with Crippen molar-refractivity contribution >= 4 is 44.7 Å². The highest BCUT2D eigenvalue weighted by Gasteiger charge is 2.24. The third-order valence-corrected chi connectivity index (χ3v) is 6.09. The standard InChI is InChI=1S/C18H17ClN4O2S/c1-10-6-7-11-14(8-10)26-17-16(11)18(25)23(22-21-17)9-15(24)20-13-5-3-2-4-12(13)19/h2-5,10H,6-9H2,1H3,(H,20,24). The summed E-state index contributed by atoms with van der Waals surface area (Å²) in [7, 11) is 0. The fourth-order valence-electron chi connectivity index (χ4n) is 3.28. The first kappa shape index (κ1) is 17.2. The Morgan fingerprint density at radius 1 is 1.42 bits per heavy atom. The summed E-state index contributed by atoms with van der Waals surface area (Å²) < 4.78 is 1.12. The van der Waals surface area contributed by atoms with Gasteiger partial charge in [0.25, 0.3) is 5.56 Å². The fourth-order valence-corrected chi connectivity index (χ4v) is 4.78. The number of carbonyl (C=O) groups is 1. The van der Waals surface area contributed by atoms with Crippen LogP contribution in [0.25, 0.3) is 10.2 Å². The highest BCUT2D eigenvalue weighted by Crippen LogP contribution is 2.35. The molecule has 2 aromatic heterocycles. The number of rotatable bonds is 3. The molecule has 1 unspecified atom stereocenters. The van der Waals surface area contributed by atoms with Gasteiger partial charge in [0.15, 0.2) is 4.83 Å². The Kier molecular flexibility index (Phi) is 4.50. The first-order valence-electron chi connectivity index (χ1n) is 8.45. The first-order chi connectivity index (χ1) is 12.5. The molecular weight excluding hydrogens is 372 g/mol. The number of hydrogen-bond acceptors (Lipinski definition) is 5. The SMILES string of the molecule is CC1CCc2c(sc3nnn(CC(=O)Nc4ccccc4Cl)c(=O)c23)C1. The maximum Gasteiger partial charge on any atom is 0.279 e. The van der Waals surface area contributed by atoms with Crippen LogP contribution in [0.4, 0.5) is 5.69 Å². The van der Waals surface area contributed by atoms with Gasteiger partial charge in [-0.15, -0.1) is 16.4 Å². The van der Waals surface area contributed by atoms with E-state index < -0.39 is 0 Å². The second-order valence-corrected chi connectivity index (χ2v) is 8.10. The third kappa shape index (κ3) is 3.12. The number of nitrogens with zero attached hydrogens (tertiary/aromatic N) is 3. The van der Waals surface area contributed by atoms with Gasteiger partial charge in [-0.1, -0.05) is 35.9 Å². The number of para-hydroxylation sites is 1. The van der Waals surface area contributed by atoms with E-state index in [1.54, 1.807) is 35.6 Å². The van der Waals surface area contributed by atoms with Crippen LogP contribution in [-0.4, -0.2) is 20.9 Å². The minimum atomic E-state index is -0.369. The van der Waals surface area contributed by atoms with Crippen molar-refractivity contribution in [2.45, 2.75) is 32.7 Å². The fraction of sp³-hybridized carbons (Fsp3) is 0.333. The number of thiophene rings is 1. The Bertz CT molecular complexity index is 1060. The van der Waals surface area contributed by atoms with E-state index >= 15 is 0 Å². The van der Waals surface area contributed by atoms with Gasteiger partial charge in [0.1, 0.15) is 6.54 Å². The number of anilines is 1. The molecule has 0 aliphatic heterocycles. The third-order valence-electron chi connectivity index (χ3n) is 4.63. The molecule has 2 heterocycles. The van der Waals surface area contributed by atoms with E-state index in [-0.39, 0.29) is 18.0 Å². The number of benzene rings is 1. The lowest BCUT2D eigenvalue weighted by molar-refractivity contribution is -0.117. The Morgan fingerprint density at radius 2 is 2.23 bits per heavy atom. The summed E-state index contributed by atoms with van der Waals surface area (Å²) in [4.78, 5) is 27.0. The van der Waals surface area contributed by atoms with Gasteiger partial charge in [-0.25, -0.2) is 4.68 Å². The zero-order valence-electron chi connectivity index (χ0n) is 14.2. The summed E-state index contributed by atoms with van der Waals surface area (Å²) >= 11 is 7.59.